The molecule has 6 nitrogen and oxygen atoms in total. The van der Waals surface area contributed by atoms with Gasteiger partial charge in [-0.05, 0) is 19.1 Å². The number of halogens is 3. The number of alkyl halides is 3. The number of hydrogen-bond donors (Lipinski definition) is 2. The van der Waals surface area contributed by atoms with Crippen molar-refractivity contribution in [3.63, 3.8) is 0 Å². The van der Waals surface area contributed by atoms with Crippen LogP contribution in [0.4, 0.5) is 13.2 Å². The molecule has 0 heterocycles. The van der Waals surface area contributed by atoms with Crippen LogP contribution >= 0.6 is 0 Å². The molecule has 1 amide bonds. The second-order valence-corrected chi connectivity index (χ2v) is 4.26. The Kier molecular flexibility index (Phi) is 6.02. The van der Waals surface area contributed by atoms with Gasteiger partial charge in [-0.3, -0.25) is 4.79 Å². The van der Waals surface area contributed by atoms with Crippen LogP contribution < -0.4 is 15.8 Å². The van der Waals surface area contributed by atoms with Crippen LogP contribution in [0.25, 0.3) is 0 Å². The summed E-state index contributed by atoms with van der Waals surface area (Å²) in [7, 11) is 1.44. The van der Waals surface area contributed by atoms with Gasteiger partial charge < -0.3 is 20.6 Å². The van der Waals surface area contributed by atoms with E-state index in [9.17, 15) is 18.0 Å². The zero-order valence-corrected chi connectivity index (χ0v) is 12.0. The zero-order valence-electron chi connectivity index (χ0n) is 12.0. The summed E-state index contributed by atoms with van der Waals surface area (Å²) in [5.41, 5.74) is 6.13. The highest BCUT2D eigenvalue weighted by Gasteiger charge is 2.29. The average Bonchev–Trinajstić information content (AvgIpc) is 2.48. The van der Waals surface area contributed by atoms with Crippen molar-refractivity contribution < 1.29 is 27.5 Å². The number of carbonyl (C=O) groups is 1. The van der Waals surface area contributed by atoms with E-state index in [1.54, 1.807) is 29.6 Å². The number of para-hydroxylation sites is 1. The number of nitrogens with two attached hydrogens (primary N) is 1. The number of benzene rings is 1. The molecule has 0 spiro atoms. The smallest absolute Gasteiger partial charge is 0.405 e. The second-order valence-electron chi connectivity index (χ2n) is 4.26. The van der Waals surface area contributed by atoms with Crippen LogP contribution in [0.1, 0.15) is 12.5 Å². The fraction of sp³-hybridized carbons (Fsp3) is 0.385. The molecule has 1 aromatic carbocycles. The quantitative estimate of drug-likeness (QED) is 0.471. The largest absolute Gasteiger partial charge is 0.496 e. The molecule has 0 bridgehead atoms. The highest BCUT2D eigenvalue weighted by Crippen LogP contribution is 2.17. The van der Waals surface area contributed by atoms with E-state index in [-0.39, 0.29) is 5.84 Å². The van der Waals surface area contributed by atoms with E-state index in [2.05, 4.69) is 5.16 Å². The van der Waals surface area contributed by atoms with Crippen LogP contribution in [0.3, 0.4) is 0 Å². The Labute approximate surface area is 125 Å². The number of carbonyl (C=O) groups excluding carboxylic acids is 1. The number of ether oxygens (including phenoxy) is 1. The fourth-order valence-corrected chi connectivity index (χ4v) is 1.42. The van der Waals surface area contributed by atoms with Crippen LogP contribution in [-0.4, -0.2) is 37.7 Å². The molecular weight excluding hydrogens is 303 g/mol. The van der Waals surface area contributed by atoms with Crippen molar-refractivity contribution in [1.82, 2.24) is 5.32 Å². The first kappa shape index (κ1) is 17.6. The van der Waals surface area contributed by atoms with E-state index < -0.39 is 24.7 Å². The minimum Gasteiger partial charge on any atom is -0.496 e. The summed E-state index contributed by atoms with van der Waals surface area (Å²) >= 11 is 0. The normalized spacial score (nSPS) is 13.4. The van der Waals surface area contributed by atoms with E-state index >= 15 is 0 Å². The van der Waals surface area contributed by atoms with Crippen LogP contribution in [0.5, 0.6) is 5.75 Å². The average molecular weight is 319 g/mol. The van der Waals surface area contributed by atoms with Crippen LogP contribution in [0.2, 0.25) is 0 Å². The minimum absolute atomic E-state index is 0.0621. The third-order valence-electron chi connectivity index (χ3n) is 2.52. The van der Waals surface area contributed by atoms with Gasteiger partial charge in [-0.25, -0.2) is 0 Å². The van der Waals surface area contributed by atoms with Crippen molar-refractivity contribution in [2.24, 2.45) is 10.9 Å². The topological polar surface area (TPSA) is 85.9 Å². The molecule has 0 aliphatic carbocycles. The Hall–Kier alpha value is -2.45. The monoisotopic (exact) mass is 319 g/mol. The van der Waals surface area contributed by atoms with Gasteiger partial charge in [0.1, 0.15) is 12.3 Å². The highest BCUT2D eigenvalue weighted by atomic mass is 19.4. The summed E-state index contributed by atoms with van der Waals surface area (Å²) < 4.78 is 41.0. The van der Waals surface area contributed by atoms with Gasteiger partial charge in [-0.2, -0.15) is 13.2 Å². The van der Waals surface area contributed by atoms with Gasteiger partial charge in [0.25, 0.3) is 5.91 Å². The molecule has 9 heteroatoms. The maximum Gasteiger partial charge on any atom is 0.405 e. The van der Waals surface area contributed by atoms with Gasteiger partial charge in [0.05, 0.1) is 12.7 Å². The Bertz CT molecular complexity index is 547. The van der Waals surface area contributed by atoms with Crippen LogP contribution in [0, 0.1) is 0 Å². The molecule has 3 N–H and O–H groups in total. The van der Waals surface area contributed by atoms with E-state index in [0.29, 0.717) is 11.3 Å². The first-order valence-electron chi connectivity index (χ1n) is 6.21. The molecule has 0 radical (unpaired) electrons. The standard InChI is InChI=1S/C13H16F3N3O3/c1-8(12(20)18-7-13(14,15)16)22-19-11(17)9-5-3-4-6-10(9)21-2/h3-6,8H,7H2,1-2H3,(H2,17,19)(H,18,20). The Balaban J connectivity index is 2.64. The lowest BCUT2D eigenvalue weighted by Crippen LogP contribution is -2.39. The fourth-order valence-electron chi connectivity index (χ4n) is 1.42. The molecule has 0 aliphatic rings. The molecule has 1 aromatic rings. The lowest BCUT2D eigenvalue weighted by atomic mass is 10.2. The molecule has 1 unspecified atom stereocenters. The number of amidine groups is 1. The number of nitrogens with zero attached hydrogens (tertiary/aromatic N) is 1. The van der Waals surface area contributed by atoms with Crippen molar-refractivity contribution >= 4 is 11.7 Å². The summed E-state index contributed by atoms with van der Waals surface area (Å²) in [4.78, 5) is 16.2. The van der Waals surface area contributed by atoms with Gasteiger partial charge in [0.2, 0.25) is 6.10 Å². The SMILES string of the molecule is COc1ccccc1/C(N)=N/OC(C)C(=O)NCC(F)(F)F. The number of rotatable bonds is 6. The molecule has 0 saturated carbocycles. The maximum absolute atomic E-state index is 12.0. The van der Waals surface area contributed by atoms with Crippen LogP contribution in [0.15, 0.2) is 29.4 Å². The number of amides is 1. The van der Waals surface area contributed by atoms with Crippen molar-refractivity contribution in [1.29, 1.82) is 0 Å². The first-order valence-corrected chi connectivity index (χ1v) is 6.21. The summed E-state index contributed by atoms with van der Waals surface area (Å²) in [6.07, 6.45) is -5.72. The molecule has 22 heavy (non-hydrogen) atoms. The Morgan fingerprint density at radius 2 is 2.05 bits per heavy atom. The highest BCUT2D eigenvalue weighted by molar-refractivity contribution is 5.99. The van der Waals surface area contributed by atoms with E-state index in [1.807, 2.05) is 0 Å². The summed E-state index contributed by atoms with van der Waals surface area (Å²) in [6, 6.07) is 6.69. The van der Waals surface area contributed by atoms with Gasteiger partial charge in [0, 0.05) is 0 Å². The maximum atomic E-state index is 12.0. The zero-order chi connectivity index (χ0) is 16.8. The third kappa shape index (κ3) is 5.51. The Morgan fingerprint density at radius 1 is 1.41 bits per heavy atom. The Morgan fingerprint density at radius 3 is 2.64 bits per heavy atom. The van der Waals surface area contributed by atoms with E-state index in [4.69, 9.17) is 15.3 Å². The number of hydrogen-bond acceptors (Lipinski definition) is 4. The van der Waals surface area contributed by atoms with Crippen LogP contribution in [-0.2, 0) is 9.63 Å². The van der Waals surface area contributed by atoms with Crippen molar-refractivity contribution in [3.8, 4) is 5.75 Å². The summed E-state index contributed by atoms with van der Waals surface area (Å²) in [5.74, 6) is -0.566. The summed E-state index contributed by atoms with van der Waals surface area (Å²) in [5, 5.41) is 5.23. The minimum atomic E-state index is -4.49. The number of oxime groups is 1. The molecule has 1 atom stereocenters. The number of nitrogens with one attached hydrogen (secondary N) is 1. The van der Waals surface area contributed by atoms with Gasteiger partial charge in [-0.1, -0.05) is 17.3 Å². The molecule has 0 fully saturated rings. The van der Waals surface area contributed by atoms with Crippen molar-refractivity contribution in [2.45, 2.75) is 19.2 Å². The molecule has 0 aliphatic heterocycles. The first-order chi connectivity index (χ1) is 10.2. The third-order valence-corrected chi connectivity index (χ3v) is 2.52. The van der Waals surface area contributed by atoms with E-state index in [1.165, 1.54) is 14.0 Å². The second kappa shape index (κ2) is 7.53. The molecular formula is C13H16F3N3O3. The van der Waals surface area contributed by atoms with Gasteiger partial charge in [-0.15, -0.1) is 0 Å². The summed E-state index contributed by atoms with van der Waals surface area (Å²) in [6.45, 7) is -0.185. The molecule has 122 valence electrons. The number of methoxy groups -OCH3 is 1. The lowest BCUT2D eigenvalue weighted by Gasteiger charge is -2.13. The molecule has 0 saturated heterocycles. The molecule has 0 aromatic heterocycles. The lowest BCUT2D eigenvalue weighted by molar-refractivity contribution is -0.145. The predicted octanol–water partition coefficient (Wildman–Crippen LogP) is 1.40. The van der Waals surface area contributed by atoms with Crippen molar-refractivity contribution in [3.05, 3.63) is 29.8 Å². The molecule has 1 rings (SSSR count). The van der Waals surface area contributed by atoms with E-state index in [0.717, 1.165) is 0 Å². The van der Waals surface area contributed by atoms with Gasteiger partial charge >= 0.3 is 6.18 Å². The predicted molar refractivity (Wildman–Crippen MR) is 73.3 cm³/mol. The van der Waals surface area contributed by atoms with Crippen molar-refractivity contribution in [2.75, 3.05) is 13.7 Å². The van der Waals surface area contributed by atoms with Gasteiger partial charge in [0.15, 0.2) is 5.84 Å².